The normalized spacial score (nSPS) is 10.1. The first-order valence-corrected chi connectivity index (χ1v) is 8.67. The van der Waals surface area contributed by atoms with Gasteiger partial charge >= 0.3 is 0 Å². The Bertz CT molecular complexity index is 939. The first-order chi connectivity index (χ1) is 13.2. The van der Waals surface area contributed by atoms with Crippen molar-refractivity contribution < 1.29 is 14.3 Å². The molecule has 3 N–H and O–H groups in total. The van der Waals surface area contributed by atoms with Crippen molar-refractivity contribution in [3.63, 3.8) is 0 Å². The Labute approximate surface area is 162 Å². The molecular weight excluding hydrogens is 362 g/mol. The number of amides is 1. The molecule has 0 unspecified atom stereocenters. The predicted molar refractivity (Wildman–Crippen MR) is 110 cm³/mol. The summed E-state index contributed by atoms with van der Waals surface area (Å²) in [6, 6.07) is 20.8. The van der Waals surface area contributed by atoms with Crippen LogP contribution in [-0.4, -0.2) is 24.7 Å². The molecule has 6 nitrogen and oxygen atoms in total. The van der Waals surface area contributed by atoms with Gasteiger partial charge in [-0.25, -0.2) is 0 Å². The highest BCUT2D eigenvalue weighted by atomic mass is 32.1. The highest BCUT2D eigenvalue weighted by molar-refractivity contribution is 7.80. The average molecular weight is 381 g/mol. The van der Waals surface area contributed by atoms with Gasteiger partial charge in [-0.15, -0.1) is 0 Å². The van der Waals surface area contributed by atoms with Crippen LogP contribution in [0.15, 0.2) is 66.7 Å². The Kier molecular flexibility index (Phi) is 6.06. The fourth-order valence-electron chi connectivity index (χ4n) is 2.46. The second-order valence-electron chi connectivity index (χ2n) is 5.62. The zero-order valence-corrected chi connectivity index (χ0v) is 15.5. The van der Waals surface area contributed by atoms with E-state index in [0.29, 0.717) is 5.75 Å². The molecule has 3 rings (SSSR count). The summed E-state index contributed by atoms with van der Waals surface area (Å²) < 4.78 is 10.7. The third-order valence-electron chi connectivity index (χ3n) is 3.77. The van der Waals surface area contributed by atoms with Crippen molar-refractivity contribution in [2.24, 2.45) is 0 Å². The molecule has 0 saturated carbocycles. The molecule has 138 valence electrons. The number of rotatable bonds is 5. The average Bonchev–Trinajstić information content (AvgIpc) is 2.71. The van der Waals surface area contributed by atoms with Crippen LogP contribution in [-0.2, 0) is 4.79 Å². The number of hydrazine groups is 1. The number of hydrogen-bond acceptors (Lipinski definition) is 4. The number of carbonyl (C=O) groups excluding carboxylic acids is 1. The van der Waals surface area contributed by atoms with Gasteiger partial charge in [0.05, 0.1) is 7.11 Å². The largest absolute Gasteiger partial charge is 0.497 e. The topological polar surface area (TPSA) is 71.6 Å². The lowest BCUT2D eigenvalue weighted by Crippen LogP contribution is -2.45. The second kappa shape index (κ2) is 8.86. The molecule has 7 heteroatoms. The number of nitrogens with one attached hydrogen (secondary N) is 3. The smallest absolute Gasteiger partial charge is 0.276 e. The first kappa shape index (κ1) is 18.5. The number of carbonyl (C=O) groups is 1. The van der Waals surface area contributed by atoms with Gasteiger partial charge in [-0.2, -0.15) is 0 Å². The van der Waals surface area contributed by atoms with Gasteiger partial charge in [0.1, 0.15) is 11.5 Å². The summed E-state index contributed by atoms with van der Waals surface area (Å²) in [5, 5.41) is 5.23. The van der Waals surface area contributed by atoms with Crippen molar-refractivity contribution in [1.82, 2.24) is 10.9 Å². The lowest BCUT2D eigenvalue weighted by atomic mass is 10.1. The van der Waals surface area contributed by atoms with Crippen LogP contribution < -0.4 is 25.6 Å². The Morgan fingerprint density at radius 1 is 0.963 bits per heavy atom. The van der Waals surface area contributed by atoms with Crippen molar-refractivity contribution in [3.05, 3.63) is 66.7 Å². The number of fused-ring (bicyclic) bond motifs is 1. The molecule has 0 spiro atoms. The monoisotopic (exact) mass is 381 g/mol. The molecule has 0 atom stereocenters. The van der Waals surface area contributed by atoms with Gasteiger partial charge in [0.15, 0.2) is 11.7 Å². The summed E-state index contributed by atoms with van der Waals surface area (Å²) in [6.07, 6.45) is 0. The summed E-state index contributed by atoms with van der Waals surface area (Å²) in [5.74, 6) is 1.06. The van der Waals surface area contributed by atoms with Crippen LogP contribution in [0.5, 0.6) is 11.5 Å². The van der Waals surface area contributed by atoms with Crippen molar-refractivity contribution in [2.75, 3.05) is 19.0 Å². The van der Waals surface area contributed by atoms with Gasteiger partial charge in [0.2, 0.25) is 0 Å². The molecule has 0 heterocycles. The molecule has 0 fully saturated rings. The molecule has 0 saturated heterocycles. The molecule has 0 aliphatic rings. The molecule has 1 amide bonds. The van der Waals surface area contributed by atoms with Crippen molar-refractivity contribution in [3.8, 4) is 11.5 Å². The van der Waals surface area contributed by atoms with Crippen LogP contribution in [0.3, 0.4) is 0 Å². The number of methoxy groups -OCH3 is 1. The van der Waals surface area contributed by atoms with Crippen LogP contribution in [0.1, 0.15) is 0 Å². The Hall–Kier alpha value is -3.32. The molecule has 0 bridgehead atoms. The third-order valence-corrected chi connectivity index (χ3v) is 3.98. The zero-order valence-electron chi connectivity index (χ0n) is 14.7. The van der Waals surface area contributed by atoms with E-state index in [1.54, 1.807) is 7.11 Å². The number of benzene rings is 3. The molecule has 0 aliphatic carbocycles. The minimum Gasteiger partial charge on any atom is -0.497 e. The summed E-state index contributed by atoms with van der Waals surface area (Å²) >= 11 is 5.15. The van der Waals surface area contributed by atoms with E-state index in [-0.39, 0.29) is 17.6 Å². The highest BCUT2D eigenvalue weighted by Gasteiger charge is 2.06. The molecule has 0 aliphatic heterocycles. The number of ether oxygens (including phenoxy) is 2. The fourth-order valence-corrected chi connectivity index (χ4v) is 2.63. The lowest BCUT2D eigenvalue weighted by molar-refractivity contribution is -0.123. The summed E-state index contributed by atoms with van der Waals surface area (Å²) in [7, 11) is 1.60. The van der Waals surface area contributed by atoms with Gasteiger partial charge in [0, 0.05) is 11.1 Å². The minimum atomic E-state index is -0.346. The Balaban J connectivity index is 1.47. The van der Waals surface area contributed by atoms with E-state index in [1.807, 2.05) is 66.7 Å². The molecule has 27 heavy (non-hydrogen) atoms. The molecule has 0 radical (unpaired) electrons. The van der Waals surface area contributed by atoms with Crippen molar-refractivity contribution in [1.29, 1.82) is 0 Å². The van der Waals surface area contributed by atoms with Crippen LogP contribution in [0, 0.1) is 0 Å². The van der Waals surface area contributed by atoms with Crippen LogP contribution in [0.2, 0.25) is 0 Å². The van der Waals surface area contributed by atoms with Crippen molar-refractivity contribution >= 4 is 39.7 Å². The standard InChI is InChI=1S/C20H19N3O3S/c1-25-16-11-9-15(10-12-16)21-20(27)23-22-19(24)13-26-18-8-4-6-14-5-2-3-7-17(14)18/h2-12H,13H2,1H3,(H,22,24)(H2,21,23,27). The van der Waals surface area contributed by atoms with Crippen LogP contribution >= 0.6 is 12.2 Å². The SMILES string of the molecule is COc1ccc(NC(=S)NNC(=O)COc2cccc3ccccc23)cc1. The second-order valence-corrected chi connectivity index (χ2v) is 6.03. The molecule has 3 aromatic carbocycles. The number of hydrogen-bond donors (Lipinski definition) is 3. The fraction of sp³-hybridized carbons (Fsp3) is 0.100. The summed E-state index contributed by atoms with van der Waals surface area (Å²) in [5.41, 5.74) is 5.92. The van der Waals surface area contributed by atoms with E-state index in [0.717, 1.165) is 22.2 Å². The van der Waals surface area contributed by atoms with E-state index in [9.17, 15) is 4.79 Å². The summed E-state index contributed by atoms with van der Waals surface area (Å²) in [6.45, 7) is -0.133. The van der Waals surface area contributed by atoms with Crippen LogP contribution in [0.4, 0.5) is 5.69 Å². The maximum Gasteiger partial charge on any atom is 0.276 e. The Morgan fingerprint density at radius 3 is 2.48 bits per heavy atom. The quantitative estimate of drug-likeness (QED) is 0.466. The van der Waals surface area contributed by atoms with Gasteiger partial charge in [-0.3, -0.25) is 15.6 Å². The number of thiocarbonyl (C=S) groups is 1. The zero-order chi connectivity index (χ0) is 19.1. The lowest BCUT2D eigenvalue weighted by Gasteiger charge is -2.13. The predicted octanol–water partition coefficient (Wildman–Crippen LogP) is 3.25. The van der Waals surface area contributed by atoms with Crippen molar-refractivity contribution in [2.45, 2.75) is 0 Å². The van der Waals surface area contributed by atoms with E-state index in [4.69, 9.17) is 21.7 Å². The van der Waals surface area contributed by atoms with E-state index < -0.39 is 0 Å². The minimum absolute atomic E-state index is 0.133. The molecule has 0 aromatic heterocycles. The van der Waals surface area contributed by atoms with E-state index >= 15 is 0 Å². The molecule has 3 aromatic rings. The summed E-state index contributed by atoms with van der Waals surface area (Å²) in [4.78, 5) is 12.0. The van der Waals surface area contributed by atoms with Gasteiger partial charge in [0.25, 0.3) is 5.91 Å². The Morgan fingerprint density at radius 2 is 1.70 bits per heavy atom. The van der Waals surface area contributed by atoms with Gasteiger partial charge < -0.3 is 14.8 Å². The van der Waals surface area contributed by atoms with E-state index in [2.05, 4.69) is 16.2 Å². The first-order valence-electron chi connectivity index (χ1n) is 8.26. The van der Waals surface area contributed by atoms with E-state index in [1.165, 1.54) is 0 Å². The van der Waals surface area contributed by atoms with Gasteiger partial charge in [-0.1, -0.05) is 36.4 Å². The third kappa shape index (κ3) is 5.08. The molecular formula is C20H19N3O3S. The maximum absolute atomic E-state index is 12.0. The number of anilines is 1. The maximum atomic E-state index is 12.0. The highest BCUT2D eigenvalue weighted by Crippen LogP contribution is 2.24. The van der Waals surface area contributed by atoms with Crippen LogP contribution in [0.25, 0.3) is 10.8 Å². The van der Waals surface area contributed by atoms with Gasteiger partial charge in [-0.05, 0) is 47.9 Å².